The Labute approximate surface area is 87.3 Å². The van der Waals surface area contributed by atoms with Crippen LogP contribution in [-0.2, 0) is 7.05 Å². The smallest absolute Gasteiger partial charge is 0.163 e. The van der Waals surface area contributed by atoms with E-state index in [0.717, 1.165) is 22.0 Å². The van der Waals surface area contributed by atoms with Gasteiger partial charge in [-0.25, -0.2) is 0 Å². The summed E-state index contributed by atoms with van der Waals surface area (Å²) in [6.45, 7) is 1.97. The second-order valence-corrected chi connectivity index (χ2v) is 3.64. The number of halogens is 1. The van der Waals surface area contributed by atoms with Gasteiger partial charge in [-0.1, -0.05) is 11.6 Å². The highest BCUT2D eigenvalue weighted by Crippen LogP contribution is 2.22. The lowest BCUT2D eigenvalue weighted by Crippen LogP contribution is -1.91. The molecule has 0 aliphatic carbocycles. The Kier molecular flexibility index (Phi) is 2.25. The molecule has 0 aliphatic heterocycles. The Hall–Kier alpha value is -1.35. The van der Waals surface area contributed by atoms with Gasteiger partial charge in [0.25, 0.3) is 0 Å². The molecular formula is C10H10ClN3. The lowest BCUT2D eigenvalue weighted by molar-refractivity contribution is 0.919. The molecule has 0 spiro atoms. The van der Waals surface area contributed by atoms with Crippen LogP contribution in [0.4, 0.5) is 0 Å². The Morgan fingerprint density at radius 3 is 2.71 bits per heavy atom. The molecule has 2 rings (SSSR count). The van der Waals surface area contributed by atoms with Gasteiger partial charge in [0.05, 0.1) is 0 Å². The number of nitrogens with zero attached hydrogens (tertiary/aromatic N) is 3. The first-order chi connectivity index (χ1) is 6.68. The molecule has 0 radical (unpaired) electrons. The van der Waals surface area contributed by atoms with Gasteiger partial charge in [0.15, 0.2) is 5.82 Å². The van der Waals surface area contributed by atoms with Gasteiger partial charge in [-0.2, -0.15) is 0 Å². The van der Waals surface area contributed by atoms with Crippen molar-refractivity contribution in [2.24, 2.45) is 7.05 Å². The SMILES string of the molecule is Cc1cc(-c2nncn2C)ccc1Cl. The number of hydrogen-bond acceptors (Lipinski definition) is 2. The van der Waals surface area contributed by atoms with Gasteiger partial charge in [-0.05, 0) is 30.7 Å². The van der Waals surface area contributed by atoms with Gasteiger partial charge >= 0.3 is 0 Å². The van der Waals surface area contributed by atoms with Crippen LogP contribution in [-0.4, -0.2) is 14.8 Å². The fourth-order valence-electron chi connectivity index (χ4n) is 1.33. The maximum atomic E-state index is 5.94. The zero-order valence-electron chi connectivity index (χ0n) is 8.03. The van der Waals surface area contributed by atoms with E-state index in [0.29, 0.717) is 0 Å². The average Bonchev–Trinajstić information content (AvgIpc) is 2.57. The number of benzene rings is 1. The first kappa shape index (κ1) is 9.21. The lowest BCUT2D eigenvalue weighted by Gasteiger charge is -2.02. The van der Waals surface area contributed by atoms with Crippen molar-refractivity contribution in [3.8, 4) is 11.4 Å². The second kappa shape index (κ2) is 3.42. The third-order valence-electron chi connectivity index (χ3n) is 2.13. The molecule has 0 N–H and O–H groups in total. The van der Waals surface area contributed by atoms with E-state index in [4.69, 9.17) is 11.6 Å². The molecule has 3 nitrogen and oxygen atoms in total. The number of aryl methyl sites for hydroxylation is 2. The molecule has 72 valence electrons. The molecule has 0 fully saturated rings. The van der Waals surface area contributed by atoms with Crippen LogP contribution in [0, 0.1) is 6.92 Å². The number of aromatic nitrogens is 3. The zero-order chi connectivity index (χ0) is 10.1. The Bertz CT molecular complexity index is 462. The number of hydrogen-bond donors (Lipinski definition) is 0. The van der Waals surface area contributed by atoms with E-state index < -0.39 is 0 Å². The van der Waals surface area contributed by atoms with E-state index >= 15 is 0 Å². The second-order valence-electron chi connectivity index (χ2n) is 3.23. The standard InChI is InChI=1S/C10H10ClN3/c1-7-5-8(3-4-9(7)11)10-13-12-6-14(10)2/h3-6H,1-2H3. The quantitative estimate of drug-likeness (QED) is 0.719. The third-order valence-corrected chi connectivity index (χ3v) is 2.55. The van der Waals surface area contributed by atoms with Crippen LogP contribution in [0.5, 0.6) is 0 Å². The maximum absolute atomic E-state index is 5.94. The zero-order valence-corrected chi connectivity index (χ0v) is 8.78. The van der Waals surface area contributed by atoms with Crippen molar-refractivity contribution in [2.45, 2.75) is 6.92 Å². The molecule has 14 heavy (non-hydrogen) atoms. The van der Waals surface area contributed by atoms with Crippen molar-refractivity contribution in [3.63, 3.8) is 0 Å². The van der Waals surface area contributed by atoms with Gasteiger partial charge in [0.1, 0.15) is 6.33 Å². The lowest BCUT2D eigenvalue weighted by atomic mass is 10.1. The molecule has 0 bridgehead atoms. The summed E-state index contributed by atoms with van der Waals surface area (Å²) in [7, 11) is 1.92. The third kappa shape index (κ3) is 1.51. The predicted octanol–water partition coefficient (Wildman–Crippen LogP) is 2.44. The molecule has 2 aromatic rings. The van der Waals surface area contributed by atoms with Crippen molar-refractivity contribution in [3.05, 3.63) is 35.1 Å². The minimum Gasteiger partial charge on any atom is -0.317 e. The number of rotatable bonds is 1. The topological polar surface area (TPSA) is 30.7 Å². The van der Waals surface area contributed by atoms with E-state index in [1.165, 1.54) is 0 Å². The van der Waals surface area contributed by atoms with Crippen LogP contribution in [0.25, 0.3) is 11.4 Å². The first-order valence-corrected chi connectivity index (χ1v) is 4.67. The van der Waals surface area contributed by atoms with Crippen molar-refractivity contribution in [1.29, 1.82) is 0 Å². The highest BCUT2D eigenvalue weighted by Gasteiger charge is 2.05. The maximum Gasteiger partial charge on any atom is 0.163 e. The van der Waals surface area contributed by atoms with E-state index in [1.54, 1.807) is 6.33 Å². The Balaban J connectivity index is 2.53. The predicted molar refractivity (Wildman–Crippen MR) is 56.2 cm³/mol. The summed E-state index contributed by atoms with van der Waals surface area (Å²) in [4.78, 5) is 0. The molecule has 0 saturated carbocycles. The van der Waals surface area contributed by atoms with Crippen LogP contribution < -0.4 is 0 Å². The van der Waals surface area contributed by atoms with E-state index in [-0.39, 0.29) is 0 Å². The van der Waals surface area contributed by atoms with Crippen LogP contribution in [0.2, 0.25) is 5.02 Å². The van der Waals surface area contributed by atoms with Crippen molar-refractivity contribution in [1.82, 2.24) is 14.8 Å². The van der Waals surface area contributed by atoms with Gasteiger partial charge in [-0.15, -0.1) is 10.2 Å². The molecule has 1 heterocycles. The van der Waals surface area contributed by atoms with E-state index in [9.17, 15) is 0 Å². The van der Waals surface area contributed by atoms with Crippen molar-refractivity contribution >= 4 is 11.6 Å². The first-order valence-electron chi connectivity index (χ1n) is 4.29. The summed E-state index contributed by atoms with van der Waals surface area (Å²) >= 11 is 5.94. The van der Waals surface area contributed by atoms with Crippen molar-refractivity contribution < 1.29 is 0 Å². The van der Waals surface area contributed by atoms with Crippen LogP contribution in [0.3, 0.4) is 0 Å². The molecule has 0 atom stereocenters. The summed E-state index contributed by atoms with van der Waals surface area (Å²) in [5, 5.41) is 8.63. The summed E-state index contributed by atoms with van der Waals surface area (Å²) in [5.74, 6) is 0.852. The Morgan fingerprint density at radius 1 is 1.36 bits per heavy atom. The van der Waals surface area contributed by atoms with Crippen LogP contribution in [0.15, 0.2) is 24.5 Å². The summed E-state index contributed by atoms with van der Waals surface area (Å²) in [6, 6.07) is 5.83. The molecule has 4 heteroatoms. The Morgan fingerprint density at radius 2 is 2.14 bits per heavy atom. The van der Waals surface area contributed by atoms with Crippen LogP contribution >= 0.6 is 11.6 Å². The monoisotopic (exact) mass is 207 g/mol. The highest BCUT2D eigenvalue weighted by atomic mass is 35.5. The van der Waals surface area contributed by atoms with Gasteiger partial charge < -0.3 is 4.57 Å². The molecular weight excluding hydrogens is 198 g/mol. The minimum atomic E-state index is 0.774. The highest BCUT2D eigenvalue weighted by molar-refractivity contribution is 6.31. The largest absolute Gasteiger partial charge is 0.317 e. The normalized spacial score (nSPS) is 10.5. The van der Waals surface area contributed by atoms with Crippen LogP contribution in [0.1, 0.15) is 5.56 Å². The molecule has 0 aliphatic rings. The fraction of sp³-hybridized carbons (Fsp3) is 0.200. The molecule has 0 saturated heterocycles. The molecule has 0 amide bonds. The van der Waals surface area contributed by atoms with Gasteiger partial charge in [0.2, 0.25) is 0 Å². The van der Waals surface area contributed by atoms with Gasteiger partial charge in [0, 0.05) is 17.6 Å². The van der Waals surface area contributed by atoms with Gasteiger partial charge in [-0.3, -0.25) is 0 Å². The molecule has 0 unspecified atom stereocenters. The fourth-order valence-corrected chi connectivity index (χ4v) is 1.45. The van der Waals surface area contributed by atoms with E-state index in [2.05, 4.69) is 10.2 Å². The summed E-state index contributed by atoms with van der Waals surface area (Å²) < 4.78 is 1.88. The van der Waals surface area contributed by atoms with Crippen molar-refractivity contribution in [2.75, 3.05) is 0 Å². The minimum absolute atomic E-state index is 0.774. The van der Waals surface area contributed by atoms with E-state index in [1.807, 2.05) is 36.7 Å². The molecule has 1 aromatic heterocycles. The summed E-state index contributed by atoms with van der Waals surface area (Å²) in [5.41, 5.74) is 2.08. The average molecular weight is 208 g/mol. The molecule has 1 aromatic carbocycles. The summed E-state index contributed by atoms with van der Waals surface area (Å²) in [6.07, 6.45) is 1.68.